The highest BCUT2D eigenvalue weighted by molar-refractivity contribution is 5.46. The van der Waals surface area contributed by atoms with Crippen LogP contribution in [0, 0.1) is 5.41 Å². The van der Waals surface area contributed by atoms with Crippen LogP contribution in [0.4, 0.5) is 0 Å². The number of rotatable bonds is 6. The number of fused-ring (bicyclic) bond motifs is 1. The second-order valence-electron chi connectivity index (χ2n) is 5.25. The van der Waals surface area contributed by atoms with Gasteiger partial charge in [0.25, 0.3) is 0 Å². The average molecular weight is 251 g/mol. The molecular weight excluding hydrogens is 230 g/mol. The van der Waals surface area contributed by atoms with Gasteiger partial charge in [0.2, 0.25) is 6.79 Å². The van der Waals surface area contributed by atoms with E-state index in [0.717, 1.165) is 30.3 Å². The van der Waals surface area contributed by atoms with Gasteiger partial charge in [0, 0.05) is 18.0 Å². The standard InChI is InChI=1S/C14H21NO3/c1-4-15-8-14(2,3)9-16-11-5-6-12-13(7-11)18-10-17-12/h5-7,15H,4,8-10H2,1-3H3. The highest BCUT2D eigenvalue weighted by Gasteiger charge is 2.19. The van der Waals surface area contributed by atoms with Crippen LogP contribution >= 0.6 is 0 Å². The Hall–Kier alpha value is -1.42. The normalized spacial score (nSPS) is 13.7. The minimum Gasteiger partial charge on any atom is -0.493 e. The zero-order valence-corrected chi connectivity index (χ0v) is 11.3. The molecule has 0 atom stereocenters. The molecule has 4 heteroatoms. The third-order valence-corrected chi connectivity index (χ3v) is 2.83. The molecule has 1 aromatic rings. The van der Waals surface area contributed by atoms with Crippen molar-refractivity contribution in [1.29, 1.82) is 0 Å². The van der Waals surface area contributed by atoms with Gasteiger partial charge in [0.1, 0.15) is 5.75 Å². The molecule has 18 heavy (non-hydrogen) atoms. The molecule has 0 spiro atoms. The number of benzene rings is 1. The zero-order valence-electron chi connectivity index (χ0n) is 11.3. The average Bonchev–Trinajstić information content (AvgIpc) is 2.81. The lowest BCUT2D eigenvalue weighted by Crippen LogP contribution is -2.34. The van der Waals surface area contributed by atoms with Gasteiger partial charge >= 0.3 is 0 Å². The summed E-state index contributed by atoms with van der Waals surface area (Å²) in [6.07, 6.45) is 0. The van der Waals surface area contributed by atoms with Crippen LogP contribution in [0.2, 0.25) is 0 Å². The van der Waals surface area contributed by atoms with Gasteiger partial charge in [-0.1, -0.05) is 20.8 Å². The fourth-order valence-electron chi connectivity index (χ4n) is 1.76. The van der Waals surface area contributed by atoms with E-state index in [-0.39, 0.29) is 5.41 Å². The zero-order chi connectivity index (χ0) is 13.0. The summed E-state index contributed by atoms with van der Waals surface area (Å²) in [7, 11) is 0. The largest absolute Gasteiger partial charge is 0.493 e. The molecule has 1 aliphatic heterocycles. The van der Waals surface area contributed by atoms with Crippen LogP contribution in [0.5, 0.6) is 17.2 Å². The molecule has 0 fully saturated rings. The smallest absolute Gasteiger partial charge is 0.231 e. The minimum atomic E-state index is 0.104. The summed E-state index contributed by atoms with van der Waals surface area (Å²) in [5, 5.41) is 3.34. The third-order valence-electron chi connectivity index (χ3n) is 2.83. The van der Waals surface area contributed by atoms with E-state index in [0.29, 0.717) is 13.4 Å². The molecule has 100 valence electrons. The Morgan fingerprint density at radius 2 is 2.06 bits per heavy atom. The summed E-state index contributed by atoms with van der Waals surface area (Å²) in [6, 6.07) is 5.68. The summed E-state index contributed by atoms with van der Waals surface area (Å²) < 4.78 is 16.4. The Morgan fingerprint density at radius 1 is 1.28 bits per heavy atom. The second-order valence-corrected chi connectivity index (χ2v) is 5.25. The maximum atomic E-state index is 5.82. The van der Waals surface area contributed by atoms with E-state index >= 15 is 0 Å². The lowest BCUT2D eigenvalue weighted by Gasteiger charge is -2.25. The van der Waals surface area contributed by atoms with Crippen molar-refractivity contribution < 1.29 is 14.2 Å². The van der Waals surface area contributed by atoms with Crippen LogP contribution < -0.4 is 19.5 Å². The molecule has 0 saturated heterocycles. The van der Waals surface area contributed by atoms with Gasteiger partial charge in [0.15, 0.2) is 11.5 Å². The molecule has 0 aliphatic carbocycles. The highest BCUT2D eigenvalue weighted by Crippen LogP contribution is 2.35. The lowest BCUT2D eigenvalue weighted by molar-refractivity contribution is 0.171. The molecular formula is C14H21NO3. The topological polar surface area (TPSA) is 39.7 Å². The molecule has 1 heterocycles. The minimum absolute atomic E-state index is 0.104. The molecule has 0 amide bonds. The fourth-order valence-corrected chi connectivity index (χ4v) is 1.76. The number of ether oxygens (including phenoxy) is 3. The van der Waals surface area contributed by atoms with E-state index < -0.39 is 0 Å². The highest BCUT2D eigenvalue weighted by atomic mass is 16.7. The van der Waals surface area contributed by atoms with Crippen molar-refractivity contribution >= 4 is 0 Å². The maximum Gasteiger partial charge on any atom is 0.231 e. The van der Waals surface area contributed by atoms with Crippen molar-refractivity contribution in [3.8, 4) is 17.2 Å². The van der Waals surface area contributed by atoms with Crippen molar-refractivity contribution in [2.45, 2.75) is 20.8 Å². The van der Waals surface area contributed by atoms with Crippen molar-refractivity contribution in [2.75, 3.05) is 26.5 Å². The molecule has 0 radical (unpaired) electrons. The Kier molecular flexibility index (Phi) is 3.97. The fraction of sp³-hybridized carbons (Fsp3) is 0.571. The summed E-state index contributed by atoms with van der Waals surface area (Å²) in [4.78, 5) is 0. The van der Waals surface area contributed by atoms with Gasteiger partial charge in [-0.25, -0.2) is 0 Å². The van der Waals surface area contributed by atoms with Crippen LogP contribution in [0.1, 0.15) is 20.8 Å². The van der Waals surface area contributed by atoms with Crippen molar-refractivity contribution in [3.05, 3.63) is 18.2 Å². The Labute approximate surface area is 108 Å². The van der Waals surface area contributed by atoms with E-state index in [2.05, 4.69) is 26.1 Å². The summed E-state index contributed by atoms with van der Waals surface area (Å²) in [5.41, 5.74) is 0.104. The van der Waals surface area contributed by atoms with E-state index in [4.69, 9.17) is 14.2 Å². The number of hydrogen-bond acceptors (Lipinski definition) is 4. The summed E-state index contributed by atoms with van der Waals surface area (Å²) in [6.45, 7) is 9.35. The van der Waals surface area contributed by atoms with E-state index in [9.17, 15) is 0 Å². The summed E-state index contributed by atoms with van der Waals surface area (Å²) in [5.74, 6) is 2.37. The van der Waals surface area contributed by atoms with Gasteiger partial charge in [-0.2, -0.15) is 0 Å². The van der Waals surface area contributed by atoms with Crippen LogP contribution in [-0.2, 0) is 0 Å². The van der Waals surface area contributed by atoms with Crippen molar-refractivity contribution in [2.24, 2.45) is 5.41 Å². The monoisotopic (exact) mass is 251 g/mol. The second kappa shape index (κ2) is 5.48. The Bertz CT molecular complexity index is 404. The van der Waals surface area contributed by atoms with Gasteiger partial charge < -0.3 is 19.5 Å². The van der Waals surface area contributed by atoms with Crippen LogP contribution in [0.25, 0.3) is 0 Å². The molecule has 2 rings (SSSR count). The number of nitrogens with one attached hydrogen (secondary N) is 1. The van der Waals surface area contributed by atoms with Crippen molar-refractivity contribution in [3.63, 3.8) is 0 Å². The predicted molar refractivity (Wildman–Crippen MR) is 70.4 cm³/mol. The molecule has 0 saturated carbocycles. The molecule has 4 nitrogen and oxygen atoms in total. The first kappa shape index (κ1) is 13.0. The maximum absolute atomic E-state index is 5.82. The molecule has 0 unspecified atom stereocenters. The molecule has 1 N–H and O–H groups in total. The van der Waals surface area contributed by atoms with E-state index in [1.54, 1.807) is 0 Å². The quantitative estimate of drug-likeness (QED) is 0.843. The first-order valence-electron chi connectivity index (χ1n) is 6.34. The SMILES string of the molecule is CCNCC(C)(C)COc1ccc2c(c1)OCO2. The van der Waals surface area contributed by atoms with Gasteiger partial charge in [-0.15, -0.1) is 0 Å². The number of hydrogen-bond donors (Lipinski definition) is 1. The van der Waals surface area contributed by atoms with Gasteiger partial charge in [-0.05, 0) is 18.7 Å². The summed E-state index contributed by atoms with van der Waals surface area (Å²) >= 11 is 0. The molecule has 0 bridgehead atoms. The first-order chi connectivity index (χ1) is 8.61. The first-order valence-corrected chi connectivity index (χ1v) is 6.34. The molecule has 1 aromatic carbocycles. The third kappa shape index (κ3) is 3.29. The van der Waals surface area contributed by atoms with E-state index in [1.165, 1.54) is 0 Å². The Balaban J connectivity index is 1.90. The van der Waals surface area contributed by atoms with Crippen LogP contribution in [0.15, 0.2) is 18.2 Å². The van der Waals surface area contributed by atoms with Crippen molar-refractivity contribution in [1.82, 2.24) is 5.32 Å². The Morgan fingerprint density at radius 3 is 2.83 bits per heavy atom. The van der Waals surface area contributed by atoms with E-state index in [1.807, 2.05) is 18.2 Å². The van der Waals surface area contributed by atoms with Gasteiger partial charge in [-0.3, -0.25) is 0 Å². The molecule has 1 aliphatic rings. The molecule has 0 aromatic heterocycles. The van der Waals surface area contributed by atoms with Crippen LogP contribution in [0.3, 0.4) is 0 Å². The predicted octanol–water partition coefficient (Wildman–Crippen LogP) is 2.43. The van der Waals surface area contributed by atoms with Gasteiger partial charge in [0.05, 0.1) is 6.61 Å². The van der Waals surface area contributed by atoms with Crippen LogP contribution in [-0.4, -0.2) is 26.5 Å². The lowest BCUT2D eigenvalue weighted by atomic mass is 9.95.